The van der Waals surface area contributed by atoms with Crippen LogP contribution >= 0.6 is 22.6 Å². The van der Waals surface area contributed by atoms with Gasteiger partial charge in [0.2, 0.25) is 0 Å². The SMILES string of the molecule is Cc1nc(CN)ccc1I. The Morgan fingerprint density at radius 2 is 2.30 bits per heavy atom. The normalized spacial score (nSPS) is 9.90. The van der Waals surface area contributed by atoms with Gasteiger partial charge in [0.15, 0.2) is 0 Å². The molecule has 0 fully saturated rings. The number of hydrogen-bond acceptors (Lipinski definition) is 2. The Kier molecular flexibility index (Phi) is 2.62. The van der Waals surface area contributed by atoms with Crippen LogP contribution in [0.15, 0.2) is 12.1 Å². The van der Waals surface area contributed by atoms with E-state index in [2.05, 4.69) is 27.6 Å². The van der Waals surface area contributed by atoms with Crippen LogP contribution in [-0.4, -0.2) is 4.98 Å². The van der Waals surface area contributed by atoms with Crippen LogP contribution in [0.5, 0.6) is 0 Å². The van der Waals surface area contributed by atoms with Gasteiger partial charge in [-0.2, -0.15) is 0 Å². The second kappa shape index (κ2) is 3.30. The third kappa shape index (κ3) is 1.67. The van der Waals surface area contributed by atoms with Crippen molar-refractivity contribution in [2.24, 2.45) is 5.73 Å². The number of aryl methyl sites for hydroxylation is 1. The van der Waals surface area contributed by atoms with Crippen LogP contribution < -0.4 is 5.73 Å². The van der Waals surface area contributed by atoms with Crippen molar-refractivity contribution in [1.82, 2.24) is 4.98 Å². The van der Waals surface area contributed by atoms with Crippen LogP contribution in [0.25, 0.3) is 0 Å². The van der Waals surface area contributed by atoms with Crippen LogP contribution in [0.3, 0.4) is 0 Å². The number of nitrogens with zero attached hydrogens (tertiary/aromatic N) is 1. The van der Waals surface area contributed by atoms with Crippen molar-refractivity contribution in [2.75, 3.05) is 0 Å². The molecule has 0 bridgehead atoms. The standard InChI is InChI=1S/C7H9IN2/c1-5-7(8)3-2-6(4-9)10-5/h2-3H,4,9H2,1H3. The highest BCUT2D eigenvalue weighted by atomic mass is 127. The molecule has 1 aromatic heterocycles. The van der Waals surface area contributed by atoms with E-state index < -0.39 is 0 Å². The smallest absolute Gasteiger partial charge is 0.0543 e. The molecule has 2 N–H and O–H groups in total. The molecule has 0 aliphatic heterocycles. The molecule has 0 aliphatic rings. The van der Waals surface area contributed by atoms with Crippen molar-refractivity contribution in [3.63, 3.8) is 0 Å². The summed E-state index contributed by atoms with van der Waals surface area (Å²) in [5.74, 6) is 0. The number of pyridine rings is 1. The lowest BCUT2D eigenvalue weighted by Crippen LogP contribution is -2.00. The Balaban J connectivity index is 3.04. The highest BCUT2D eigenvalue weighted by molar-refractivity contribution is 14.1. The predicted octanol–water partition coefficient (Wildman–Crippen LogP) is 1.45. The number of hydrogen-bond donors (Lipinski definition) is 1. The van der Waals surface area contributed by atoms with Crippen molar-refractivity contribution < 1.29 is 0 Å². The Morgan fingerprint density at radius 1 is 1.60 bits per heavy atom. The van der Waals surface area contributed by atoms with Gasteiger partial charge in [-0.1, -0.05) is 0 Å². The molecule has 0 unspecified atom stereocenters. The van der Waals surface area contributed by atoms with Crippen LogP contribution in [0, 0.1) is 10.5 Å². The van der Waals surface area contributed by atoms with Crippen LogP contribution in [0.1, 0.15) is 11.4 Å². The minimum atomic E-state index is 0.526. The van der Waals surface area contributed by atoms with Gasteiger partial charge in [0.1, 0.15) is 0 Å². The third-order valence-corrected chi connectivity index (χ3v) is 2.43. The first-order chi connectivity index (χ1) is 4.74. The highest BCUT2D eigenvalue weighted by Crippen LogP contribution is 2.08. The first-order valence-corrected chi connectivity index (χ1v) is 4.14. The molecule has 0 radical (unpaired) electrons. The number of rotatable bonds is 1. The van der Waals surface area contributed by atoms with Gasteiger partial charge in [-0.05, 0) is 41.6 Å². The van der Waals surface area contributed by atoms with E-state index in [0.717, 1.165) is 11.4 Å². The number of aromatic nitrogens is 1. The molecule has 0 saturated carbocycles. The fraction of sp³-hybridized carbons (Fsp3) is 0.286. The minimum absolute atomic E-state index is 0.526. The molecule has 1 rings (SSSR count). The second-order valence-corrected chi connectivity index (χ2v) is 3.24. The molecule has 1 heterocycles. The molecule has 1 aromatic rings. The van der Waals surface area contributed by atoms with Crippen molar-refractivity contribution in [1.29, 1.82) is 0 Å². The first kappa shape index (κ1) is 7.94. The maximum Gasteiger partial charge on any atom is 0.0543 e. The van der Waals surface area contributed by atoms with Gasteiger partial charge in [-0.15, -0.1) is 0 Å². The Labute approximate surface area is 74.0 Å². The largest absolute Gasteiger partial charge is 0.325 e. The second-order valence-electron chi connectivity index (χ2n) is 2.07. The zero-order valence-corrected chi connectivity index (χ0v) is 7.92. The molecular weight excluding hydrogens is 239 g/mol. The lowest BCUT2D eigenvalue weighted by atomic mass is 10.3. The summed E-state index contributed by atoms with van der Waals surface area (Å²) >= 11 is 2.25. The molecule has 3 heteroatoms. The molecule has 0 spiro atoms. The zero-order valence-electron chi connectivity index (χ0n) is 5.76. The summed E-state index contributed by atoms with van der Waals surface area (Å²) in [5.41, 5.74) is 7.42. The summed E-state index contributed by atoms with van der Waals surface area (Å²) in [4.78, 5) is 4.26. The molecule has 2 nitrogen and oxygen atoms in total. The summed E-state index contributed by atoms with van der Waals surface area (Å²) in [5, 5.41) is 0. The number of nitrogens with two attached hydrogens (primary N) is 1. The molecular formula is C7H9IN2. The first-order valence-electron chi connectivity index (χ1n) is 3.06. The summed E-state index contributed by atoms with van der Waals surface area (Å²) in [7, 11) is 0. The van der Waals surface area contributed by atoms with Gasteiger partial charge >= 0.3 is 0 Å². The monoisotopic (exact) mass is 248 g/mol. The Morgan fingerprint density at radius 3 is 2.80 bits per heavy atom. The molecule has 54 valence electrons. The van der Waals surface area contributed by atoms with Crippen LogP contribution in [-0.2, 0) is 6.54 Å². The van der Waals surface area contributed by atoms with Crippen LogP contribution in [0.4, 0.5) is 0 Å². The van der Waals surface area contributed by atoms with E-state index in [-0.39, 0.29) is 0 Å². The molecule has 0 aromatic carbocycles. The van der Waals surface area contributed by atoms with Crippen molar-refractivity contribution >= 4 is 22.6 Å². The summed E-state index contributed by atoms with van der Waals surface area (Å²) in [6, 6.07) is 3.99. The van der Waals surface area contributed by atoms with Gasteiger partial charge < -0.3 is 5.73 Å². The van der Waals surface area contributed by atoms with Crippen molar-refractivity contribution in [3.8, 4) is 0 Å². The van der Waals surface area contributed by atoms with E-state index in [0.29, 0.717) is 6.54 Å². The molecule has 0 aliphatic carbocycles. The van der Waals surface area contributed by atoms with Gasteiger partial charge in [-0.3, -0.25) is 4.98 Å². The van der Waals surface area contributed by atoms with E-state index in [1.165, 1.54) is 3.57 Å². The molecule has 0 saturated heterocycles. The maximum absolute atomic E-state index is 5.40. The molecule has 0 atom stereocenters. The van der Waals surface area contributed by atoms with E-state index in [9.17, 15) is 0 Å². The van der Waals surface area contributed by atoms with Crippen molar-refractivity contribution in [2.45, 2.75) is 13.5 Å². The summed E-state index contributed by atoms with van der Waals surface area (Å²) in [6.07, 6.45) is 0. The third-order valence-electron chi connectivity index (χ3n) is 1.29. The van der Waals surface area contributed by atoms with E-state index >= 15 is 0 Å². The highest BCUT2D eigenvalue weighted by Gasteiger charge is 1.95. The van der Waals surface area contributed by atoms with Gasteiger partial charge in [0.05, 0.1) is 11.4 Å². The lowest BCUT2D eigenvalue weighted by molar-refractivity contribution is 0.964. The average molecular weight is 248 g/mol. The van der Waals surface area contributed by atoms with Crippen molar-refractivity contribution in [3.05, 3.63) is 27.1 Å². The lowest BCUT2D eigenvalue weighted by Gasteiger charge is -1.98. The maximum atomic E-state index is 5.40. The Bertz CT molecular complexity index is 235. The fourth-order valence-electron chi connectivity index (χ4n) is 0.710. The van der Waals surface area contributed by atoms with E-state index in [1.807, 2.05) is 19.1 Å². The van der Waals surface area contributed by atoms with E-state index in [4.69, 9.17) is 5.73 Å². The minimum Gasteiger partial charge on any atom is -0.325 e. The van der Waals surface area contributed by atoms with Gasteiger partial charge in [0.25, 0.3) is 0 Å². The fourth-order valence-corrected chi connectivity index (χ4v) is 1.01. The zero-order chi connectivity index (χ0) is 7.56. The topological polar surface area (TPSA) is 38.9 Å². The predicted molar refractivity (Wildman–Crippen MR) is 49.6 cm³/mol. The summed E-state index contributed by atoms with van der Waals surface area (Å²) in [6.45, 7) is 2.51. The number of halogens is 1. The quantitative estimate of drug-likeness (QED) is 0.764. The summed E-state index contributed by atoms with van der Waals surface area (Å²) < 4.78 is 1.19. The average Bonchev–Trinajstić information content (AvgIpc) is 1.95. The Hall–Kier alpha value is -0.160. The van der Waals surface area contributed by atoms with Gasteiger partial charge in [-0.25, -0.2) is 0 Å². The molecule has 0 amide bonds. The van der Waals surface area contributed by atoms with E-state index in [1.54, 1.807) is 0 Å². The van der Waals surface area contributed by atoms with Crippen LogP contribution in [0.2, 0.25) is 0 Å². The van der Waals surface area contributed by atoms with Gasteiger partial charge in [0, 0.05) is 10.1 Å². The molecule has 10 heavy (non-hydrogen) atoms.